The monoisotopic (exact) mass is 325 g/mol. The van der Waals surface area contributed by atoms with Crippen LogP contribution in [0.5, 0.6) is 11.5 Å². The molecule has 0 aromatic heterocycles. The van der Waals surface area contributed by atoms with Crippen molar-refractivity contribution >= 4 is 21.6 Å². The van der Waals surface area contributed by atoms with Crippen LogP contribution in [-0.4, -0.2) is 7.11 Å². The predicted octanol–water partition coefficient (Wildman–Crippen LogP) is 3.76. The first-order chi connectivity index (χ1) is 9.13. The molecule has 2 rings (SSSR count). The summed E-state index contributed by atoms with van der Waals surface area (Å²) in [6.07, 6.45) is 0. The number of ether oxygens (including phenoxy) is 2. The summed E-state index contributed by atoms with van der Waals surface area (Å²) < 4.78 is 25.1. The van der Waals surface area contributed by atoms with Crippen LogP contribution in [0.15, 0.2) is 40.9 Å². The Morgan fingerprint density at radius 3 is 2.63 bits per heavy atom. The molecule has 2 aromatic rings. The molecule has 0 saturated carbocycles. The molecule has 3 nitrogen and oxygen atoms in total. The minimum absolute atomic E-state index is 0.0792. The number of hydrogen-bond donors (Lipinski definition) is 1. The number of methoxy groups -OCH3 is 1. The summed E-state index contributed by atoms with van der Waals surface area (Å²) in [6, 6.07) is 10.3. The van der Waals surface area contributed by atoms with Crippen LogP contribution < -0.4 is 15.2 Å². The fourth-order valence-corrected chi connectivity index (χ4v) is 2.15. The topological polar surface area (TPSA) is 44.5 Å². The maximum Gasteiger partial charge on any atom is 0.171 e. The molecule has 2 aromatic carbocycles. The Hall–Kier alpha value is -1.75. The van der Waals surface area contributed by atoms with Crippen molar-refractivity contribution in [3.63, 3.8) is 0 Å². The molecular weight excluding hydrogens is 313 g/mol. The average molecular weight is 326 g/mol. The summed E-state index contributed by atoms with van der Waals surface area (Å²) in [7, 11) is 1.43. The van der Waals surface area contributed by atoms with Crippen molar-refractivity contribution in [2.45, 2.75) is 6.61 Å². The van der Waals surface area contributed by atoms with Gasteiger partial charge < -0.3 is 15.2 Å². The van der Waals surface area contributed by atoms with Crippen LogP contribution in [0.1, 0.15) is 5.56 Å². The van der Waals surface area contributed by atoms with Gasteiger partial charge in [0.25, 0.3) is 0 Å². The SMILES string of the molecule is COc1cccc(COc2c(N)cccc2Br)c1F. The van der Waals surface area contributed by atoms with Gasteiger partial charge in [-0.2, -0.15) is 0 Å². The van der Waals surface area contributed by atoms with Crippen molar-refractivity contribution in [2.75, 3.05) is 12.8 Å². The van der Waals surface area contributed by atoms with Gasteiger partial charge in [0.15, 0.2) is 17.3 Å². The molecule has 0 aliphatic rings. The van der Waals surface area contributed by atoms with E-state index in [-0.39, 0.29) is 12.4 Å². The summed E-state index contributed by atoms with van der Waals surface area (Å²) in [5, 5.41) is 0. The van der Waals surface area contributed by atoms with E-state index in [1.807, 2.05) is 6.07 Å². The van der Waals surface area contributed by atoms with E-state index in [9.17, 15) is 4.39 Å². The molecule has 0 saturated heterocycles. The van der Waals surface area contributed by atoms with Gasteiger partial charge in [-0.05, 0) is 34.1 Å². The Balaban J connectivity index is 2.19. The van der Waals surface area contributed by atoms with Gasteiger partial charge in [-0.15, -0.1) is 0 Å². The van der Waals surface area contributed by atoms with E-state index >= 15 is 0 Å². The third-order valence-electron chi connectivity index (χ3n) is 2.63. The summed E-state index contributed by atoms with van der Waals surface area (Å²) >= 11 is 3.34. The van der Waals surface area contributed by atoms with Crippen LogP contribution in [0.3, 0.4) is 0 Å². The molecule has 0 fully saturated rings. The van der Waals surface area contributed by atoms with Crippen molar-refractivity contribution in [1.29, 1.82) is 0 Å². The number of benzene rings is 2. The quantitative estimate of drug-likeness (QED) is 0.870. The van der Waals surface area contributed by atoms with Crippen molar-refractivity contribution < 1.29 is 13.9 Å². The van der Waals surface area contributed by atoms with Gasteiger partial charge >= 0.3 is 0 Å². The molecule has 100 valence electrons. The number of halogens is 2. The van der Waals surface area contributed by atoms with Gasteiger partial charge in [0.2, 0.25) is 0 Å². The molecule has 0 heterocycles. The van der Waals surface area contributed by atoms with Gasteiger partial charge in [-0.1, -0.05) is 18.2 Å². The van der Waals surface area contributed by atoms with Crippen LogP contribution in [0.2, 0.25) is 0 Å². The highest BCUT2D eigenvalue weighted by atomic mass is 79.9. The summed E-state index contributed by atoms with van der Waals surface area (Å²) in [5.41, 5.74) is 6.72. The second-order valence-electron chi connectivity index (χ2n) is 3.88. The smallest absolute Gasteiger partial charge is 0.171 e. The Morgan fingerprint density at radius 2 is 1.95 bits per heavy atom. The maximum absolute atomic E-state index is 13.9. The van der Waals surface area contributed by atoms with Crippen molar-refractivity contribution in [3.8, 4) is 11.5 Å². The summed E-state index contributed by atoms with van der Waals surface area (Å²) in [6.45, 7) is 0.0792. The van der Waals surface area contributed by atoms with Gasteiger partial charge in [-0.3, -0.25) is 0 Å². The number of nitrogens with two attached hydrogens (primary N) is 1. The van der Waals surface area contributed by atoms with Crippen LogP contribution in [0.25, 0.3) is 0 Å². The number of para-hydroxylation sites is 1. The highest BCUT2D eigenvalue weighted by Gasteiger charge is 2.11. The van der Waals surface area contributed by atoms with Gasteiger partial charge in [0.05, 0.1) is 17.3 Å². The van der Waals surface area contributed by atoms with Crippen LogP contribution in [-0.2, 0) is 6.61 Å². The van der Waals surface area contributed by atoms with Crippen LogP contribution in [0.4, 0.5) is 10.1 Å². The lowest BCUT2D eigenvalue weighted by atomic mass is 10.2. The standard InChI is InChI=1S/C14H13BrFNO2/c1-18-12-7-2-4-9(13(12)16)8-19-14-10(15)5-3-6-11(14)17/h2-7H,8,17H2,1H3. The first-order valence-corrected chi connectivity index (χ1v) is 6.41. The van der Waals surface area contributed by atoms with E-state index in [0.29, 0.717) is 17.0 Å². The molecule has 0 bridgehead atoms. The number of hydrogen-bond acceptors (Lipinski definition) is 3. The van der Waals surface area contributed by atoms with E-state index < -0.39 is 5.82 Å². The lowest BCUT2D eigenvalue weighted by Crippen LogP contribution is -2.02. The first-order valence-electron chi connectivity index (χ1n) is 5.61. The highest BCUT2D eigenvalue weighted by molar-refractivity contribution is 9.10. The van der Waals surface area contributed by atoms with Gasteiger partial charge in [0.1, 0.15) is 6.61 Å². The fraction of sp³-hybridized carbons (Fsp3) is 0.143. The highest BCUT2D eigenvalue weighted by Crippen LogP contribution is 2.32. The molecule has 0 amide bonds. The Labute approximate surface area is 119 Å². The normalized spacial score (nSPS) is 10.3. The largest absolute Gasteiger partial charge is 0.494 e. The lowest BCUT2D eigenvalue weighted by molar-refractivity contribution is 0.295. The molecule has 0 aliphatic carbocycles. The first kappa shape index (κ1) is 13.7. The van der Waals surface area contributed by atoms with E-state index in [4.69, 9.17) is 15.2 Å². The molecule has 0 spiro atoms. The summed E-state index contributed by atoms with van der Waals surface area (Å²) in [4.78, 5) is 0. The minimum atomic E-state index is -0.421. The van der Waals surface area contributed by atoms with E-state index in [2.05, 4.69) is 15.9 Å². The van der Waals surface area contributed by atoms with E-state index in [0.717, 1.165) is 4.47 Å². The second-order valence-corrected chi connectivity index (χ2v) is 4.73. The number of rotatable bonds is 4. The fourth-order valence-electron chi connectivity index (χ4n) is 1.65. The molecular formula is C14H13BrFNO2. The zero-order chi connectivity index (χ0) is 13.8. The molecule has 0 radical (unpaired) electrons. The third-order valence-corrected chi connectivity index (χ3v) is 3.26. The molecule has 2 N–H and O–H groups in total. The Kier molecular flexibility index (Phi) is 4.27. The van der Waals surface area contributed by atoms with Crippen molar-refractivity contribution in [3.05, 3.63) is 52.3 Å². The molecule has 0 atom stereocenters. The van der Waals surface area contributed by atoms with Gasteiger partial charge in [-0.25, -0.2) is 4.39 Å². The third kappa shape index (κ3) is 2.98. The second kappa shape index (κ2) is 5.93. The summed E-state index contributed by atoms with van der Waals surface area (Å²) in [5.74, 6) is 0.279. The van der Waals surface area contributed by atoms with Crippen molar-refractivity contribution in [2.24, 2.45) is 0 Å². The average Bonchev–Trinajstić information content (AvgIpc) is 2.40. The maximum atomic E-state index is 13.9. The molecule has 0 aliphatic heterocycles. The predicted molar refractivity (Wildman–Crippen MR) is 75.8 cm³/mol. The Bertz CT molecular complexity index is 569. The van der Waals surface area contributed by atoms with E-state index in [1.165, 1.54) is 7.11 Å². The number of anilines is 1. The zero-order valence-electron chi connectivity index (χ0n) is 10.3. The minimum Gasteiger partial charge on any atom is -0.494 e. The molecule has 5 heteroatoms. The molecule has 0 unspecified atom stereocenters. The Morgan fingerprint density at radius 1 is 1.21 bits per heavy atom. The van der Waals surface area contributed by atoms with Crippen LogP contribution >= 0.6 is 15.9 Å². The van der Waals surface area contributed by atoms with E-state index in [1.54, 1.807) is 30.3 Å². The van der Waals surface area contributed by atoms with Crippen LogP contribution in [0, 0.1) is 5.82 Å². The number of nitrogen functional groups attached to an aromatic ring is 1. The van der Waals surface area contributed by atoms with Gasteiger partial charge in [0, 0.05) is 5.56 Å². The zero-order valence-corrected chi connectivity index (χ0v) is 11.9. The van der Waals surface area contributed by atoms with Crippen molar-refractivity contribution in [1.82, 2.24) is 0 Å². The lowest BCUT2D eigenvalue weighted by Gasteiger charge is -2.12. The molecule has 19 heavy (non-hydrogen) atoms.